The van der Waals surface area contributed by atoms with Crippen LogP contribution >= 0.6 is 0 Å². The summed E-state index contributed by atoms with van der Waals surface area (Å²) in [4.78, 5) is 4.18. The molecule has 4 N–H and O–H groups in total. The van der Waals surface area contributed by atoms with Crippen molar-refractivity contribution in [3.63, 3.8) is 0 Å². The first-order valence-corrected chi connectivity index (χ1v) is 5.73. The third-order valence-electron chi connectivity index (χ3n) is 3.28. The van der Waals surface area contributed by atoms with E-state index in [1.54, 1.807) is 0 Å². The van der Waals surface area contributed by atoms with Gasteiger partial charge in [-0.1, -0.05) is 25.7 Å². The van der Waals surface area contributed by atoms with Crippen molar-refractivity contribution in [1.82, 2.24) is 20.6 Å². The highest BCUT2D eigenvalue weighted by atomic mass is 15.3. The first-order valence-electron chi connectivity index (χ1n) is 5.73. The van der Waals surface area contributed by atoms with Gasteiger partial charge in [-0.15, -0.1) is 0 Å². The van der Waals surface area contributed by atoms with E-state index in [9.17, 15) is 0 Å². The molecule has 15 heavy (non-hydrogen) atoms. The standard InChI is InChI=1S/C10H19N5/c11-14-9(10-12-7-13-15-10)8-5-3-1-2-4-6-8/h7-9,14H,1-6,11H2,(H,12,13,15). The molecule has 0 aliphatic heterocycles. The van der Waals surface area contributed by atoms with Gasteiger partial charge in [-0.3, -0.25) is 10.9 Å². The van der Waals surface area contributed by atoms with E-state index >= 15 is 0 Å². The number of H-pyrrole nitrogens is 1. The van der Waals surface area contributed by atoms with Crippen molar-refractivity contribution in [1.29, 1.82) is 0 Å². The molecule has 2 rings (SSSR count). The van der Waals surface area contributed by atoms with E-state index in [2.05, 4.69) is 20.6 Å². The average Bonchev–Trinajstić information content (AvgIpc) is 2.63. The van der Waals surface area contributed by atoms with Gasteiger partial charge in [0.15, 0.2) is 0 Å². The number of aromatic amines is 1. The molecule has 0 aromatic carbocycles. The first-order chi connectivity index (χ1) is 7.42. The topological polar surface area (TPSA) is 79.6 Å². The Morgan fingerprint density at radius 2 is 2.07 bits per heavy atom. The second-order valence-electron chi connectivity index (χ2n) is 4.27. The SMILES string of the molecule is NNC(c1ncn[nH]1)C1CCCCCC1. The zero-order valence-electron chi connectivity index (χ0n) is 8.95. The van der Waals surface area contributed by atoms with E-state index in [-0.39, 0.29) is 6.04 Å². The van der Waals surface area contributed by atoms with Crippen LogP contribution in [0.5, 0.6) is 0 Å². The normalized spacial score (nSPS) is 21.1. The summed E-state index contributed by atoms with van der Waals surface area (Å²) in [5.41, 5.74) is 2.87. The van der Waals surface area contributed by atoms with Gasteiger partial charge >= 0.3 is 0 Å². The zero-order valence-corrected chi connectivity index (χ0v) is 8.95. The van der Waals surface area contributed by atoms with Crippen LogP contribution in [-0.2, 0) is 0 Å². The molecule has 0 bridgehead atoms. The van der Waals surface area contributed by atoms with Gasteiger partial charge in [-0.05, 0) is 18.8 Å². The minimum absolute atomic E-state index is 0.130. The van der Waals surface area contributed by atoms with Crippen LogP contribution in [0.25, 0.3) is 0 Å². The molecular formula is C10H19N5. The summed E-state index contributed by atoms with van der Waals surface area (Å²) in [6.45, 7) is 0. The van der Waals surface area contributed by atoms with Crippen molar-refractivity contribution in [2.24, 2.45) is 11.8 Å². The van der Waals surface area contributed by atoms with Gasteiger partial charge in [0.1, 0.15) is 12.2 Å². The van der Waals surface area contributed by atoms with Gasteiger partial charge in [0.25, 0.3) is 0 Å². The number of hydrogen-bond donors (Lipinski definition) is 3. The van der Waals surface area contributed by atoms with E-state index < -0.39 is 0 Å². The number of hydrazine groups is 1. The molecule has 0 radical (unpaired) electrons. The van der Waals surface area contributed by atoms with Crippen molar-refractivity contribution >= 4 is 0 Å². The molecule has 1 heterocycles. The third-order valence-corrected chi connectivity index (χ3v) is 3.28. The Kier molecular flexibility index (Phi) is 3.69. The van der Waals surface area contributed by atoms with Gasteiger partial charge in [0.05, 0.1) is 6.04 Å². The lowest BCUT2D eigenvalue weighted by Gasteiger charge is -2.23. The molecule has 5 nitrogen and oxygen atoms in total. The summed E-state index contributed by atoms with van der Waals surface area (Å²) >= 11 is 0. The van der Waals surface area contributed by atoms with Crippen molar-refractivity contribution in [2.45, 2.75) is 44.6 Å². The Morgan fingerprint density at radius 3 is 2.60 bits per heavy atom. The maximum absolute atomic E-state index is 5.61. The number of aromatic nitrogens is 3. The lowest BCUT2D eigenvalue weighted by atomic mass is 9.92. The van der Waals surface area contributed by atoms with E-state index in [1.165, 1.54) is 44.9 Å². The fraction of sp³-hybridized carbons (Fsp3) is 0.800. The molecule has 84 valence electrons. The largest absolute Gasteiger partial charge is 0.271 e. The summed E-state index contributed by atoms with van der Waals surface area (Å²) < 4.78 is 0. The molecule has 0 saturated heterocycles. The number of nitrogens with one attached hydrogen (secondary N) is 2. The molecule has 1 aliphatic rings. The van der Waals surface area contributed by atoms with E-state index in [0.29, 0.717) is 5.92 Å². The van der Waals surface area contributed by atoms with Gasteiger partial charge in [0.2, 0.25) is 0 Å². The molecule has 1 saturated carbocycles. The number of rotatable bonds is 3. The maximum atomic E-state index is 5.61. The number of nitrogens with two attached hydrogens (primary N) is 1. The van der Waals surface area contributed by atoms with E-state index in [4.69, 9.17) is 5.84 Å². The second-order valence-corrected chi connectivity index (χ2v) is 4.27. The average molecular weight is 209 g/mol. The molecular weight excluding hydrogens is 190 g/mol. The third kappa shape index (κ3) is 2.54. The van der Waals surface area contributed by atoms with Crippen molar-refractivity contribution in [3.8, 4) is 0 Å². The number of hydrogen-bond acceptors (Lipinski definition) is 4. The van der Waals surface area contributed by atoms with Crippen LogP contribution < -0.4 is 11.3 Å². The Balaban J connectivity index is 2.04. The van der Waals surface area contributed by atoms with Gasteiger partial charge < -0.3 is 0 Å². The lowest BCUT2D eigenvalue weighted by molar-refractivity contribution is 0.317. The fourth-order valence-corrected chi connectivity index (χ4v) is 2.45. The van der Waals surface area contributed by atoms with Crippen LogP contribution in [-0.4, -0.2) is 15.2 Å². The van der Waals surface area contributed by atoms with Crippen molar-refractivity contribution in [2.75, 3.05) is 0 Å². The van der Waals surface area contributed by atoms with Crippen molar-refractivity contribution in [3.05, 3.63) is 12.2 Å². The predicted octanol–water partition coefficient (Wildman–Crippen LogP) is 1.28. The summed E-state index contributed by atoms with van der Waals surface area (Å²) in [7, 11) is 0. The van der Waals surface area contributed by atoms with Crippen LogP contribution in [0.15, 0.2) is 6.33 Å². The van der Waals surface area contributed by atoms with Crippen LogP contribution in [0, 0.1) is 5.92 Å². The highest BCUT2D eigenvalue weighted by molar-refractivity contribution is 4.94. The van der Waals surface area contributed by atoms with Crippen LogP contribution in [0.2, 0.25) is 0 Å². The molecule has 0 spiro atoms. The summed E-state index contributed by atoms with van der Waals surface area (Å²) in [5.74, 6) is 7.06. The molecule has 0 amide bonds. The van der Waals surface area contributed by atoms with Gasteiger partial charge in [-0.2, -0.15) is 5.10 Å². The molecule has 1 fully saturated rings. The summed E-state index contributed by atoms with van der Waals surface area (Å²) in [5, 5.41) is 6.78. The molecule has 1 atom stereocenters. The molecule has 1 unspecified atom stereocenters. The minimum Gasteiger partial charge on any atom is -0.271 e. The monoisotopic (exact) mass is 209 g/mol. The van der Waals surface area contributed by atoms with Crippen LogP contribution in [0.4, 0.5) is 0 Å². The fourth-order valence-electron chi connectivity index (χ4n) is 2.45. The molecule has 1 aliphatic carbocycles. The van der Waals surface area contributed by atoms with Crippen LogP contribution in [0.1, 0.15) is 50.4 Å². The number of nitrogens with zero attached hydrogens (tertiary/aromatic N) is 2. The summed E-state index contributed by atoms with van der Waals surface area (Å²) in [6, 6.07) is 0.130. The predicted molar refractivity (Wildman–Crippen MR) is 57.6 cm³/mol. The maximum Gasteiger partial charge on any atom is 0.143 e. The minimum atomic E-state index is 0.130. The second kappa shape index (κ2) is 5.23. The highest BCUT2D eigenvalue weighted by Gasteiger charge is 2.25. The molecule has 1 aromatic heterocycles. The highest BCUT2D eigenvalue weighted by Crippen LogP contribution is 2.31. The first kappa shape index (κ1) is 10.6. The van der Waals surface area contributed by atoms with Gasteiger partial charge in [-0.25, -0.2) is 10.4 Å². The lowest BCUT2D eigenvalue weighted by Crippen LogP contribution is -2.34. The molecule has 5 heteroatoms. The Hall–Kier alpha value is -0.940. The smallest absolute Gasteiger partial charge is 0.143 e. The Morgan fingerprint density at radius 1 is 1.33 bits per heavy atom. The van der Waals surface area contributed by atoms with Crippen LogP contribution in [0.3, 0.4) is 0 Å². The van der Waals surface area contributed by atoms with Crippen molar-refractivity contribution < 1.29 is 0 Å². The Bertz CT molecular complexity index is 263. The van der Waals surface area contributed by atoms with E-state index in [1.807, 2.05) is 0 Å². The summed E-state index contributed by atoms with van der Waals surface area (Å²) in [6.07, 6.45) is 9.31. The quantitative estimate of drug-likeness (QED) is 0.398. The zero-order chi connectivity index (χ0) is 10.5. The van der Waals surface area contributed by atoms with E-state index in [0.717, 1.165) is 5.82 Å². The molecule has 1 aromatic rings. The van der Waals surface area contributed by atoms with Gasteiger partial charge in [0, 0.05) is 0 Å². The Labute approximate surface area is 89.8 Å².